The van der Waals surface area contributed by atoms with Crippen LogP contribution in [0.15, 0.2) is 42.5 Å². The number of carbonyl (C=O) groups is 2. The van der Waals surface area contributed by atoms with Crippen molar-refractivity contribution in [2.75, 3.05) is 26.3 Å². The van der Waals surface area contributed by atoms with Gasteiger partial charge >= 0.3 is 0 Å². The molecule has 1 aromatic carbocycles. The van der Waals surface area contributed by atoms with Gasteiger partial charge in [-0.25, -0.2) is 0 Å². The second kappa shape index (κ2) is 8.30. The maximum Gasteiger partial charge on any atom is 0.226 e. The van der Waals surface area contributed by atoms with Gasteiger partial charge in [0.15, 0.2) is 0 Å². The van der Waals surface area contributed by atoms with Gasteiger partial charge in [-0.3, -0.25) is 9.59 Å². The van der Waals surface area contributed by atoms with Crippen molar-refractivity contribution >= 4 is 11.8 Å². The molecule has 2 amide bonds. The third-order valence-corrected chi connectivity index (χ3v) is 5.07. The fourth-order valence-electron chi connectivity index (χ4n) is 3.54. The summed E-state index contributed by atoms with van der Waals surface area (Å²) in [6.07, 6.45) is 5.29. The Bertz CT molecular complexity index is 623. The molecule has 0 spiro atoms. The zero-order valence-electron chi connectivity index (χ0n) is 14.7. The molecule has 0 saturated carbocycles. The second-order valence-electron chi connectivity index (χ2n) is 6.73. The summed E-state index contributed by atoms with van der Waals surface area (Å²) in [6.45, 7) is 4.37. The van der Waals surface area contributed by atoms with Gasteiger partial charge in [0.05, 0.1) is 31.1 Å². The molecule has 1 heterocycles. The highest BCUT2D eigenvalue weighted by molar-refractivity contribution is 5.88. The van der Waals surface area contributed by atoms with E-state index in [1.165, 1.54) is 0 Å². The van der Waals surface area contributed by atoms with Crippen LogP contribution in [0.2, 0.25) is 0 Å². The van der Waals surface area contributed by atoms with Crippen molar-refractivity contribution in [2.45, 2.75) is 25.8 Å². The number of hydrogen-bond donors (Lipinski definition) is 1. The quantitative estimate of drug-likeness (QED) is 0.854. The minimum atomic E-state index is -0.300. The van der Waals surface area contributed by atoms with Gasteiger partial charge < -0.3 is 15.0 Å². The maximum atomic E-state index is 12.9. The number of nitrogens with zero attached hydrogens (tertiary/aromatic N) is 1. The van der Waals surface area contributed by atoms with Crippen LogP contribution >= 0.6 is 0 Å². The number of nitrogens with one attached hydrogen (secondary N) is 1. The fraction of sp³-hybridized carbons (Fsp3) is 0.500. The molecule has 134 valence electrons. The van der Waals surface area contributed by atoms with E-state index in [4.69, 9.17) is 4.74 Å². The number of allylic oxidation sites excluding steroid dienone is 2. The molecule has 0 unspecified atom stereocenters. The van der Waals surface area contributed by atoms with E-state index in [0.717, 1.165) is 5.56 Å². The van der Waals surface area contributed by atoms with Crippen molar-refractivity contribution in [2.24, 2.45) is 11.8 Å². The molecule has 3 rings (SSSR count). The molecule has 0 bridgehead atoms. The van der Waals surface area contributed by atoms with E-state index in [2.05, 4.69) is 5.32 Å². The number of carbonyl (C=O) groups excluding carboxylic acids is 2. The number of morpholine rings is 1. The number of ether oxygens (including phenoxy) is 1. The molecule has 0 radical (unpaired) electrons. The summed E-state index contributed by atoms with van der Waals surface area (Å²) in [6, 6.07) is 9.82. The highest BCUT2D eigenvalue weighted by atomic mass is 16.5. The summed E-state index contributed by atoms with van der Waals surface area (Å²) >= 11 is 0. The van der Waals surface area contributed by atoms with Crippen LogP contribution in [0.4, 0.5) is 0 Å². The van der Waals surface area contributed by atoms with E-state index in [1.54, 1.807) is 0 Å². The second-order valence-corrected chi connectivity index (χ2v) is 6.73. The first-order valence-corrected chi connectivity index (χ1v) is 9.03. The molecule has 1 saturated heterocycles. The van der Waals surface area contributed by atoms with E-state index in [9.17, 15) is 9.59 Å². The number of benzene rings is 1. The van der Waals surface area contributed by atoms with Crippen molar-refractivity contribution in [1.29, 1.82) is 0 Å². The van der Waals surface area contributed by atoms with E-state index in [1.807, 2.05) is 54.3 Å². The fourth-order valence-corrected chi connectivity index (χ4v) is 3.54. The lowest BCUT2D eigenvalue weighted by molar-refractivity contribution is -0.145. The first kappa shape index (κ1) is 17.7. The highest BCUT2D eigenvalue weighted by Crippen LogP contribution is 2.29. The predicted molar refractivity (Wildman–Crippen MR) is 95.8 cm³/mol. The first-order chi connectivity index (χ1) is 12.2. The van der Waals surface area contributed by atoms with Gasteiger partial charge in [-0.15, -0.1) is 0 Å². The van der Waals surface area contributed by atoms with Gasteiger partial charge in [-0.1, -0.05) is 42.5 Å². The summed E-state index contributed by atoms with van der Waals surface area (Å²) in [5.41, 5.74) is 1.07. The van der Waals surface area contributed by atoms with Crippen LogP contribution < -0.4 is 5.32 Å². The molecule has 5 heteroatoms. The molecule has 1 aliphatic heterocycles. The zero-order chi connectivity index (χ0) is 17.6. The third-order valence-electron chi connectivity index (χ3n) is 5.07. The molecule has 5 nitrogen and oxygen atoms in total. The van der Waals surface area contributed by atoms with Gasteiger partial charge in [0.1, 0.15) is 0 Å². The summed E-state index contributed by atoms with van der Waals surface area (Å²) in [4.78, 5) is 27.6. The Balaban J connectivity index is 1.66. The number of hydrogen-bond acceptors (Lipinski definition) is 3. The van der Waals surface area contributed by atoms with Crippen molar-refractivity contribution < 1.29 is 14.3 Å². The van der Waals surface area contributed by atoms with Crippen molar-refractivity contribution in [3.05, 3.63) is 48.0 Å². The molecule has 3 atom stereocenters. The Hall–Kier alpha value is -2.14. The number of rotatable bonds is 4. The first-order valence-electron chi connectivity index (χ1n) is 9.03. The lowest BCUT2D eigenvalue weighted by atomic mass is 9.81. The highest BCUT2D eigenvalue weighted by Gasteiger charge is 2.37. The van der Waals surface area contributed by atoms with Gasteiger partial charge in [-0.2, -0.15) is 0 Å². The lowest BCUT2D eigenvalue weighted by Gasteiger charge is -2.34. The standard InChI is InChI=1S/C20H26N2O3/c1-15(16-7-3-2-4-8-16)21-19(23)17-9-5-6-10-18(17)20(24)22-11-13-25-14-12-22/h2-8,15,17-18H,9-14H2,1H3,(H,21,23)/t15-,17+,18-/m1/s1. The summed E-state index contributed by atoms with van der Waals surface area (Å²) in [5.74, 6) is -0.523. The molecule has 1 N–H and O–H groups in total. The van der Waals surface area contributed by atoms with Gasteiger partial charge in [0.25, 0.3) is 0 Å². The van der Waals surface area contributed by atoms with Crippen LogP contribution in [0.1, 0.15) is 31.4 Å². The van der Waals surface area contributed by atoms with Crippen molar-refractivity contribution in [3.8, 4) is 0 Å². The normalized spacial score (nSPS) is 24.6. The smallest absolute Gasteiger partial charge is 0.226 e. The SMILES string of the molecule is C[C@@H](NC(=O)[C@H]1CC=CC[C@H]1C(=O)N1CCOCC1)c1ccccc1. The van der Waals surface area contributed by atoms with Gasteiger partial charge in [-0.05, 0) is 25.3 Å². The minimum absolute atomic E-state index is 0.0349. The van der Waals surface area contributed by atoms with Crippen LogP contribution in [0.25, 0.3) is 0 Å². The Morgan fingerprint density at radius 1 is 1.08 bits per heavy atom. The molecule has 2 aliphatic rings. The van der Waals surface area contributed by atoms with Crippen molar-refractivity contribution in [1.82, 2.24) is 10.2 Å². The average molecular weight is 342 g/mol. The molecule has 25 heavy (non-hydrogen) atoms. The zero-order valence-corrected chi connectivity index (χ0v) is 14.7. The topological polar surface area (TPSA) is 58.6 Å². The Morgan fingerprint density at radius 2 is 1.72 bits per heavy atom. The van der Waals surface area contributed by atoms with Crippen LogP contribution in [-0.2, 0) is 14.3 Å². The molecule has 1 aliphatic carbocycles. The Kier molecular flexibility index (Phi) is 5.87. The molecule has 1 fully saturated rings. The average Bonchev–Trinajstić information content (AvgIpc) is 2.68. The monoisotopic (exact) mass is 342 g/mol. The molecule has 0 aromatic heterocycles. The van der Waals surface area contributed by atoms with Crippen LogP contribution in [0, 0.1) is 11.8 Å². The van der Waals surface area contributed by atoms with Crippen molar-refractivity contribution in [3.63, 3.8) is 0 Å². The maximum absolute atomic E-state index is 12.9. The molecular weight excluding hydrogens is 316 g/mol. The Labute approximate surface area is 149 Å². The molecular formula is C20H26N2O3. The summed E-state index contributed by atoms with van der Waals surface area (Å²) in [7, 11) is 0. The minimum Gasteiger partial charge on any atom is -0.378 e. The van der Waals surface area contributed by atoms with E-state index >= 15 is 0 Å². The summed E-state index contributed by atoms with van der Waals surface area (Å²) in [5, 5.41) is 3.09. The largest absolute Gasteiger partial charge is 0.378 e. The number of amides is 2. The van der Waals surface area contributed by atoms with Crippen LogP contribution in [0.3, 0.4) is 0 Å². The van der Waals surface area contributed by atoms with Gasteiger partial charge in [0, 0.05) is 13.1 Å². The predicted octanol–water partition coefficient (Wildman–Crippen LogP) is 2.30. The Morgan fingerprint density at radius 3 is 2.40 bits per heavy atom. The summed E-state index contributed by atoms with van der Waals surface area (Å²) < 4.78 is 5.33. The van der Waals surface area contributed by atoms with E-state index in [0.29, 0.717) is 39.1 Å². The third kappa shape index (κ3) is 4.28. The van der Waals surface area contributed by atoms with E-state index in [-0.39, 0.29) is 29.7 Å². The van der Waals surface area contributed by atoms with E-state index < -0.39 is 0 Å². The lowest BCUT2D eigenvalue weighted by Crippen LogP contribution is -2.48. The van der Waals surface area contributed by atoms with Gasteiger partial charge in [0.2, 0.25) is 11.8 Å². The van der Waals surface area contributed by atoms with Crippen LogP contribution in [0.5, 0.6) is 0 Å². The van der Waals surface area contributed by atoms with Crippen LogP contribution in [-0.4, -0.2) is 43.0 Å². The molecule has 1 aromatic rings.